The highest BCUT2D eigenvalue weighted by atomic mass is 15.4. The van der Waals surface area contributed by atoms with E-state index in [1.54, 1.807) is 0 Å². The molecule has 0 spiro atoms. The molecule has 3 aromatic carbocycles. The van der Waals surface area contributed by atoms with Crippen LogP contribution >= 0.6 is 0 Å². The summed E-state index contributed by atoms with van der Waals surface area (Å²) in [6.45, 7) is 6.34. The Balaban J connectivity index is 1.81. The van der Waals surface area contributed by atoms with Crippen LogP contribution < -0.4 is 0 Å². The molecule has 3 aromatic rings. The summed E-state index contributed by atoms with van der Waals surface area (Å²) in [5, 5.41) is 8.98. The van der Waals surface area contributed by atoms with Crippen LogP contribution in [0.15, 0.2) is 91.0 Å². The van der Waals surface area contributed by atoms with Crippen molar-refractivity contribution in [3.8, 4) is 0 Å². The van der Waals surface area contributed by atoms with Crippen LogP contribution in [0.5, 0.6) is 0 Å². The Morgan fingerprint density at radius 2 is 1.07 bits per heavy atom. The fourth-order valence-electron chi connectivity index (χ4n) is 3.22. The highest BCUT2D eigenvalue weighted by Crippen LogP contribution is 2.16. The molecule has 0 unspecified atom stereocenters. The van der Waals surface area contributed by atoms with Gasteiger partial charge in [-0.05, 0) is 23.1 Å². The van der Waals surface area contributed by atoms with E-state index in [9.17, 15) is 0 Å². The fraction of sp³-hybridized carbons (Fsp3) is 0.200. The fourth-order valence-corrected chi connectivity index (χ4v) is 3.22. The van der Waals surface area contributed by atoms with Gasteiger partial charge in [-0.25, -0.2) is 0 Å². The lowest BCUT2D eigenvalue weighted by atomic mass is 10.1. The second-order valence-electron chi connectivity index (χ2n) is 6.86. The average molecular weight is 371 g/mol. The first-order chi connectivity index (χ1) is 13.8. The monoisotopic (exact) mass is 370 g/mol. The Labute approximate surface area is 168 Å². The summed E-state index contributed by atoms with van der Waals surface area (Å²) in [5.74, 6) is 0.526. The molecular weight excluding hydrogens is 342 g/mol. The van der Waals surface area contributed by atoms with Crippen molar-refractivity contribution in [2.75, 3.05) is 0 Å². The summed E-state index contributed by atoms with van der Waals surface area (Å²) in [7, 11) is 0. The summed E-state index contributed by atoms with van der Waals surface area (Å²) < 4.78 is 0. The summed E-state index contributed by atoms with van der Waals surface area (Å²) >= 11 is 0. The predicted molar refractivity (Wildman–Crippen MR) is 116 cm³/mol. The van der Waals surface area contributed by atoms with Crippen molar-refractivity contribution in [2.45, 2.75) is 33.0 Å². The Morgan fingerprint density at radius 3 is 1.46 bits per heavy atom. The maximum atomic E-state index is 8.98. The van der Waals surface area contributed by atoms with E-state index in [0.717, 1.165) is 6.42 Å². The van der Waals surface area contributed by atoms with Crippen LogP contribution in [0.2, 0.25) is 0 Å². The summed E-state index contributed by atoms with van der Waals surface area (Å²) in [6.07, 6.45) is 0.889. The lowest BCUT2D eigenvalue weighted by Gasteiger charge is -2.33. The van der Waals surface area contributed by atoms with Crippen LogP contribution in [0.1, 0.15) is 30.0 Å². The van der Waals surface area contributed by atoms with Gasteiger partial charge in [0.15, 0.2) is 5.96 Å². The van der Waals surface area contributed by atoms with Crippen LogP contribution in [0.3, 0.4) is 0 Å². The van der Waals surface area contributed by atoms with Crippen molar-refractivity contribution in [1.29, 1.82) is 5.41 Å². The Kier molecular flexibility index (Phi) is 7.25. The van der Waals surface area contributed by atoms with Gasteiger partial charge in [0.1, 0.15) is 0 Å². The first-order valence-corrected chi connectivity index (χ1v) is 9.81. The lowest BCUT2D eigenvalue weighted by Crippen LogP contribution is -2.41. The Morgan fingerprint density at radius 1 is 0.679 bits per heavy atom. The molecule has 3 rings (SSSR count). The molecule has 1 N–H and O–H groups in total. The van der Waals surface area contributed by atoms with Gasteiger partial charge in [-0.3, -0.25) is 5.41 Å². The molecule has 3 heteroatoms. The van der Waals surface area contributed by atoms with Crippen LogP contribution in [-0.4, -0.2) is 15.8 Å². The highest BCUT2D eigenvalue weighted by molar-refractivity contribution is 5.77. The number of benzene rings is 3. The van der Waals surface area contributed by atoms with Gasteiger partial charge < -0.3 is 9.80 Å². The van der Waals surface area contributed by atoms with E-state index in [0.29, 0.717) is 25.6 Å². The van der Waals surface area contributed by atoms with E-state index in [2.05, 4.69) is 96.1 Å². The summed E-state index contributed by atoms with van der Waals surface area (Å²) in [5.41, 5.74) is 3.62. The van der Waals surface area contributed by atoms with Crippen molar-refractivity contribution in [3.05, 3.63) is 114 Å². The molecule has 0 atom stereocenters. The maximum Gasteiger partial charge on any atom is 0.194 e. The quantitative estimate of drug-likeness (QED) is 0.407. The van der Waals surface area contributed by atoms with Crippen LogP contribution in [0, 0.1) is 12.0 Å². The molecule has 3 nitrogen and oxygen atoms in total. The molecule has 0 saturated carbocycles. The smallest absolute Gasteiger partial charge is 0.194 e. The summed E-state index contributed by atoms with van der Waals surface area (Å²) in [6, 6.07) is 31.1. The minimum atomic E-state index is 0.526. The maximum absolute atomic E-state index is 8.98. The van der Waals surface area contributed by atoms with E-state index in [1.807, 2.05) is 18.2 Å². The van der Waals surface area contributed by atoms with Crippen LogP contribution in [0.25, 0.3) is 0 Å². The largest absolute Gasteiger partial charge is 0.334 e. The van der Waals surface area contributed by atoms with Crippen LogP contribution in [0.4, 0.5) is 0 Å². The summed E-state index contributed by atoms with van der Waals surface area (Å²) in [4.78, 5) is 4.20. The second kappa shape index (κ2) is 10.3. The van der Waals surface area contributed by atoms with Gasteiger partial charge in [-0.2, -0.15) is 0 Å². The normalized spacial score (nSPS) is 10.5. The predicted octanol–water partition coefficient (Wildman–Crippen LogP) is 5.70. The van der Waals surface area contributed by atoms with Crippen molar-refractivity contribution < 1.29 is 0 Å². The van der Waals surface area contributed by atoms with E-state index < -0.39 is 0 Å². The third-order valence-corrected chi connectivity index (χ3v) is 4.60. The zero-order chi connectivity index (χ0) is 19.6. The van der Waals surface area contributed by atoms with E-state index >= 15 is 0 Å². The number of nitrogens with zero attached hydrogens (tertiary/aromatic N) is 2. The molecule has 0 aliphatic rings. The van der Waals surface area contributed by atoms with Crippen molar-refractivity contribution in [2.24, 2.45) is 0 Å². The standard InChI is InChI=1S/C25H28N3/c1-2-18-27(19-22-12-6-3-7-13-22)25(26)28(20-23-14-8-4-9-15-23)21-24-16-10-5-11-17-24/h3-18,26H,2,19-21H2,1H3. The van der Waals surface area contributed by atoms with Gasteiger partial charge in [0.05, 0.1) is 6.54 Å². The van der Waals surface area contributed by atoms with Crippen molar-refractivity contribution in [1.82, 2.24) is 9.80 Å². The Bertz CT molecular complexity index is 790. The molecule has 0 aliphatic carbocycles. The first kappa shape index (κ1) is 19.7. The zero-order valence-corrected chi connectivity index (χ0v) is 16.5. The molecule has 0 saturated heterocycles. The minimum absolute atomic E-state index is 0.526. The average Bonchev–Trinajstić information content (AvgIpc) is 2.75. The van der Waals surface area contributed by atoms with Gasteiger partial charge in [0.2, 0.25) is 0 Å². The zero-order valence-electron chi connectivity index (χ0n) is 16.5. The van der Waals surface area contributed by atoms with Crippen LogP contribution in [-0.2, 0) is 19.6 Å². The molecule has 0 heterocycles. The minimum Gasteiger partial charge on any atom is -0.334 e. The van der Waals surface area contributed by atoms with Gasteiger partial charge in [0.25, 0.3) is 0 Å². The third kappa shape index (κ3) is 5.71. The van der Waals surface area contributed by atoms with Gasteiger partial charge >= 0.3 is 0 Å². The number of rotatable bonds is 8. The highest BCUT2D eigenvalue weighted by Gasteiger charge is 2.18. The number of hydrogen-bond donors (Lipinski definition) is 1. The van der Waals surface area contributed by atoms with E-state index in [1.165, 1.54) is 16.7 Å². The lowest BCUT2D eigenvalue weighted by molar-refractivity contribution is 0.322. The molecule has 0 fully saturated rings. The Hall–Kier alpha value is -3.07. The van der Waals surface area contributed by atoms with E-state index in [4.69, 9.17) is 5.41 Å². The van der Waals surface area contributed by atoms with Gasteiger partial charge in [0, 0.05) is 19.6 Å². The molecular formula is C25H28N3. The van der Waals surface area contributed by atoms with E-state index in [-0.39, 0.29) is 0 Å². The molecule has 0 amide bonds. The van der Waals surface area contributed by atoms with Gasteiger partial charge in [-0.15, -0.1) is 0 Å². The molecule has 143 valence electrons. The first-order valence-electron chi connectivity index (χ1n) is 9.81. The molecule has 28 heavy (non-hydrogen) atoms. The van der Waals surface area contributed by atoms with Crippen molar-refractivity contribution >= 4 is 5.96 Å². The molecule has 0 aromatic heterocycles. The SMILES string of the molecule is CC[CH]N(Cc1ccccc1)C(=N)N(Cc1ccccc1)Cc1ccccc1. The molecule has 0 bridgehead atoms. The topological polar surface area (TPSA) is 30.3 Å². The molecule has 1 radical (unpaired) electrons. The molecule has 0 aliphatic heterocycles. The number of guanidine groups is 1. The van der Waals surface area contributed by atoms with Crippen molar-refractivity contribution in [3.63, 3.8) is 0 Å². The third-order valence-electron chi connectivity index (χ3n) is 4.60. The number of hydrogen-bond acceptors (Lipinski definition) is 1. The van der Waals surface area contributed by atoms with Gasteiger partial charge in [-0.1, -0.05) is 97.9 Å². The second-order valence-corrected chi connectivity index (χ2v) is 6.86. The number of nitrogens with one attached hydrogen (secondary N) is 1.